The van der Waals surface area contributed by atoms with Crippen LogP contribution in [-0.4, -0.2) is 9.79 Å². The van der Waals surface area contributed by atoms with Crippen LogP contribution in [0, 0.1) is 0 Å². The predicted octanol–water partition coefficient (Wildman–Crippen LogP) is 14.8. The summed E-state index contributed by atoms with van der Waals surface area (Å²) in [6.07, 6.45) is 45.1. The van der Waals surface area contributed by atoms with Crippen LogP contribution in [0.3, 0.4) is 0 Å². The molecule has 1 aromatic carbocycles. The average Bonchev–Trinajstić information content (AvgIpc) is 3.04. The van der Waals surface area contributed by atoms with E-state index in [4.69, 9.17) is 4.52 Å². The smallest absolute Gasteiger partial charge is 0.404 e. The molecule has 0 aromatic heterocycles. The number of phosphoric acid groups is 1. The van der Waals surface area contributed by atoms with Gasteiger partial charge in [-0.2, -0.15) is 0 Å². The van der Waals surface area contributed by atoms with Gasteiger partial charge in [0.2, 0.25) is 0 Å². The van der Waals surface area contributed by atoms with E-state index in [-0.39, 0.29) is 0 Å². The van der Waals surface area contributed by atoms with Crippen molar-refractivity contribution in [3.8, 4) is 5.75 Å². The van der Waals surface area contributed by atoms with E-state index in [1.54, 1.807) is 6.07 Å². The zero-order valence-electron chi connectivity index (χ0n) is 31.4. The van der Waals surface area contributed by atoms with Crippen LogP contribution in [0.4, 0.5) is 0 Å². The van der Waals surface area contributed by atoms with Gasteiger partial charge in [-0.05, 0) is 42.9 Å². The molecule has 0 aliphatic heterocycles. The van der Waals surface area contributed by atoms with Crippen LogP contribution in [0.1, 0.15) is 230 Å². The van der Waals surface area contributed by atoms with Gasteiger partial charge in [-0.25, -0.2) is 4.57 Å². The second-order valence-electron chi connectivity index (χ2n) is 14.6. The van der Waals surface area contributed by atoms with Crippen LogP contribution < -0.4 is 4.52 Å². The van der Waals surface area contributed by atoms with Crippen molar-refractivity contribution in [3.05, 3.63) is 29.3 Å². The van der Waals surface area contributed by atoms with Gasteiger partial charge in [0.25, 0.3) is 0 Å². The average molecular weight is 679 g/mol. The van der Waals surface area contributed by atoms with E-state index < -0.39 is 7.82 Å². The lowest BCUT2D eigenvalue weighted by atomic mass is 9.95. The number of hydrogen-bond donors (Lipinski definition) is 2. The molecular weight excluding hydrogens is 599 g/mol. The van der Waals surface area contributed by atoms with Gasteiger partial charge in [0.05, 0.1) is 0 Å². The lowest BCUT2D eigenvalue weighted by Gasteiger charge is -2.16. The van der Waals surface area contributed by atoms with Crippen molar-refractivity contribution >= 4 is 7.82 Å². The van der Waals surface area contributed by atoms with Gasteiger partial charge in [0, 0.05) is 0 Å². The molecular formula is C42H79O4P. The molecule has 0 aliphatic rings. The van der Waals surface area contributed by atoms with Crippen molar-refractivity contribution in [2.24, 2.45) is 0 Å². The van der Waals surface area contributed by atoms with Crippen LogP contribution in [0.2, 0.25) is 0 Å². The van der Waals surface area contributed by atoms with Crippen LogP contribution in [0.5, 0.6) is 5.75 Å². The number of rotatable bonds is 36. The molecule has 0 aliphatic carbocycles. The summed E-state index contributed by atoms with van der Waals surface area (Å²) in [5.41, 5.74) is 2.23. The summed E-state index contributed by atoms with van der Waals surface area (Å²) in [4.78, 5) is 19.0. The third kappa shape index (κ3) is 28.7. The molecule has 0 fully saturated rings. The molecule has 0 spiro atoms. The van der Waals surface area contributed by atoms with Crippen molar-refractivity contribution in [1.82, 2.24) is 0 Å². The largest absolute Gasteiger partial charge is 0.524 e. The minimum Gasteiger partial charge on any atom is -0.404 e. The van der Waals surface area contributed by atoms with Crippen molar-refractivity contribution in [3.63, 3.8) is 0 Å². The van der Waals surface area contributed by atoms with Gasteiger partial charge in [-0.3, -0.25) is 9.79 Å². The van der Waals surface area contributed by atoms with E-state index in [9.17, 15) is 14.4 Å². The lowest BCUT2D eigenvalue weighted by Crippen LogP contribution is -2.01. The van der Waals surface area contributed by atoms with Gasteiger partial charge >= 0.3 is 7.82 Å². The van der Waals surface area contributed by atoms with Crippen molar-refractivity contribution in [2.45, 2.75) is 232 Å². The minimum absolute atomic E-state index is 0.383. The zero-order chi connectivity index (χ0) is 34.1. The van der Waals surface area contributed by atoms with Crippen LogP contribution in [0.15, 0.2) is 18.2 Å². The van der Waals surface area contributed by atoms with Gasteiger partial charge in [-0.1, -0.05) is 219 Å². The molecule has 47 heavy (non-hydrogen) atoms. The molecule has 2 N–H and O–H groups in total. The first-order valence-electron chi connectivity index (χ1n) is 20.8. The topological polar surface area (TPSA) is 66.8 Å². The Kier molecular flexibility index (Phi) is 30.4. The summed E-state index contributed by atoms with van der Waals surface area (Å²) in [6.45, 7) is 4.57. The van der Waals surface area contributed by atoms with E-state index in [1.165, 1.54) is 198 Å². The van der Waals surface area contributed by atoms with E-state index in [0.717, 1.165) is 31.2 Å². The third-order valence-corrected chi connectivity index (χ3v) is 10.5. The fourth-order valence-corrected chi connectivity index (χ4v) is 7.48. The van der Waals surface area contributed by atoms with E-state index in [1.807, 2.05) is 6.07 Å². The predicted molar refractivity (Wildman–Crippen MR) is 206 cm³/mol. The summed E-state index contributed by atoms with van der Waals surface area (Å²) >= 11 is 0. The molecule has 0 unspecified atom stereocenters. The maximum Gasteiger partial charge on any atom is 0.524 e. The summed E-state index contributed by atoms with van der Waals surface area (Å²) in [5, 5.41) is 0. The van der Waals surface area contributed by atoms with Crippen LogP contribution in [-0.2, 0) is 17.4 Å². The summed E-state index contributed by atoms with van der Waals surface area (Å²) in [7, 11) is -4.57. The molecule has 276 valence electrons. The normalized spacial score (nSPS) is 11.8. The fraction of sp³-hybridized carbons (Fsp3) is 0.857. The lowest BCUT2D eigenvalue weighted by molar-refractivity contribution is 0.282. The molecule has 0 saturated heterocycles. The minimum atomic E-state index is -4.57. The summed E-state index contributed by atoms with van der Waals surface area (Å²) in [6, 6.07) is 5.77. The Bertz CT molecular complexity index is 851. The molecule has 0 amide bonds. The second kappa shape index (κ2) is 32.4. The standard InChI is InChI=1S/C42H79O4P/c1-3-5-7-9-11-13-15-17-19-21-23-25-27-29-31-33-36-40-37-35-39-42(46-47(43,44)45)41(40)38-34-32-30-28-26-24-22-20-18-16-14-12-10-8-6-4-2/h35,37,39H,3-34,36,38H2,1-2H3,(H2,43,44,45). The molecule has 0 atom stereocenters. The highest BCUT2D eigenvalue weighted by atomic mass is 31.2. The Labute approximate surface area is 293 Å². The highest BCUT2D eigenvalue weighted by molar-refractivity contribution is 7.46. The van der Waals surface area contributed by atoms with E-state index >= 15 is 0 Å². The first kappa shape index (κ1) is 44.2. The van der Waals surface area contributed by atoms with Gasteiger partial charge in [0.15, 0.2) is 0 Å². The molecule has 1 rings (SSSR count). The number of unbranched alkanes of at least 4 members (excludes halogenated alkanes) is 30. The van der Waals surface area contributed by atoms with Crippen molar-refractivity contribution in [2.75, 3.05) is 0 Å². The number of aryl methyl sites for hydroxylation is 1. The van der Waals surface area contributed by atoms with Crippen molar-refractivity contribution in [1.29, 1.82) is 0 Å². The Morgan fingerprint density at radius 3 is 1.06 bits per heavy atom. The number of hydrogen-bond acceptors (Lipinski definition) is 2. The Morgan fingerprint density at radius 2 is 0.745 bits per heavy atom. The molecule has 0 bridgehead atoms. The fourth-order valence-electron chi connectivity index (χ4n) is 7.06. The third-order valence-electron chi connectivity index (χ3n) is 10.0. The molecule has 1 aromatic rings. The van der Waals surface area contributed by atoms with Crippen LogP contribution in [0.25, 0.3) is 0 Å². The highest BCUT2D eigenvalue weighted by Gasteiger charge is 2.19. The highest BCUT2D eigenvalue weighted by Crippen LogP contribution is 2.40. The molecule has 0 saturated carbocycles. The van der Waals surface area contributed by atoms with Crippen molar-refractivity contribution < 1.29 is 18.9 Å². The number of benzene rings is 1. The Balaban J connectivity index is 2.18. The quantitative estimate of drug-likeness (QED) is 0.0547. The molecule has 4 nitrogen and oxygen atoms in total. The molecule has 0 heterocycles. The maximum atomic E-state index is 11.7. The second-order valence-corrected chi connectivity index (χ2v) is 15.7. The molecule has 5 heteroatoms. The zero-order valence-corrected chi connectivity index (χ0v) is 32.3. The maximum absolute atomic E-state index is 11.7. The molecule has 0 radical (unpaired) electrons. The number of phosphoric ester groups is 1. The first-order chi connectivity index (χ1) is 23.0. The summed E-state index contributed by atoms with van der Waals surface area (Å²) < 4.78 is 16.8. The Morgan fingerprint density at radius 1 is 0.447 bits per heavy atom. The van der Waals surface area contributed by atoms with Gasteiger partial charge in [-0.15, -0.1) is 0 Å². The summed E-state index contributed by atoms with van der Waals surface area (Å²) in [5.74, 6) is 0.383. The first-order valence-corrected chi connectivity index (χ1v) is 22.4. The van der Waals surface area contributed by atoms with Gasteiger partial charge in [0.1, 0.15) is 5.75 Å². The van der Waals surface area contributed by atoms with E-state index in [2.05, 4.69) is 19.9 Å². The Hall–Kier alpha value is -0.830. The van der Waals surface area contributed by atoms with Crippen LogP contribution >= 0.6 is 7.82 Å². The monoisotopic (exact) mass is 679 g/mol. The van der Waals surface area contributed by atoms with E-state index in [0.29, 0.717) is 5.75 Å². The van der Waals surface area contributed by atoms with Gasteiger partial charge < -0.3 is 4.52 Å². The SMILES string of the molecule is CCCCCCCCCCCCCCCCCCc1cccc(OP(=O)(O)O)c1CCCCCCCCCCCCCCCCCC.